The number of aliphatic hydroxyl groups is 1. The third-order valence-corrected chi connectivity index (χ3v) is 3.29. The van der Waals surface area contributed by atoms with Crippen molar-refractivity contribution in [1.82, 2.24) is 14.7 Å². The molecular weight excluding hydrogens is 310 g/mol. The van der Waals surface area contributed by atoms with Crippen LogP contribution in [0.1, 0.15) is 30.0 Å². The fourth-order valence-corrected chi connectivity index (χ4v) is 2.15. The summed E-state index contributed by atoms with van der Waals surface area (Å²) in [6.45, 7) is 5.19. The summed E-state index contributed by atoms with van der Waals surface area (Å²) < 4.78 is 2.61. The van der Waals surface area contributed by atoms with Crippen molar-refractivity contribution in [2.75, 3.05) is 6.61 Å². The van der Waals surface area contributed by atoms with E-state index in [-0.39, 0.29) is 12.5 Å². The number of imidazole rings is 1. The summed E-state index contributed by atoms with van der Waals surface area (Å²) in [6, 6.07) is 3.71. The quantitative estimate of drug-likeness (QED) is 0.905. The van der Waals surface area contributed by atoms with Crippen molar-refractivity contribution >= 4 is 27.5 Å². The van der Waals surface area contributed by atoms with E-state index in [4.69, 9.17) is 0 Å². The number of amides is 1. The number of aromatic nitrogens is 2. The van der Waals surface area contributed by atoms with E-state index in [1.807, 2.05) is 12.1 Å². The van der Waals surface area contributed by atoms with Gasteiger partial charge in [0.15, 0.2) is 0 Å². The second kappa shape index (κ2) is 4.94. The zero-order valence-electron chi connectivity index (χ0n) is 11.1. The molecule has 0 saturated carbocycles. The average Bonchev–Trinajstić information content (AvgIpc) is 2.64. The number of pyridine rings is 1. The lowest BCUT2D eigenvalue weighted by atomic mass is 10.1. The number of halogens is 1. The molecule has 2 N–H and O–H groups in total. The van der Waals surface area contributed by atoms with Gasteiger partial charge in [0.25, 0.3) is 5.91 Å². The standard InChI is InChI=1S/C13H16BrN3O2/c1-8-11(12(19)16-13(2,3)7-18)17-6-9(14)4-5-10(17)15-8/h4-6,18H,7H2,1-3H3,(H,16,19). The van der Waals surface area contributed by atoms with Gasteiger partial charge in [-0.3, -0.25) is 9.20 Å². The number of hydrogen-bond donors (Lipinski definition) is 2. The number of nitrogens with zero attached hydrogens (tertiary/aromatic N) is 2. The molecule has 0 spiro atoms. The monoisotopic (exact) mass is 325 g/mol. The number of nitrogens with one attached hydrogen (secondary N) is 1. The van der Waals surface area contributed by atoms with Gasteiger partial charge >= 0.3 is 0 Å². The van der Waals surface area contributed by atoms with Crippen molar-refractivity contribution in [3.63, 3.8) is 0 Å². The van der Waals surface area contributed by atoms with Gasteiger partial charge in [0.05, 0.1) is 17.8 Å². The zero-order valence-corrected chi connectivity index (χ0v) is 12.7. The Hall–Kier alpha value is -1.40. The minimum Gasteiger partial charge on any atom is -0.394 e. The van der Waals surface area contributed by atoms with E-state index in [2.05, 4.69) is 26.2 Å². The molecule has 5 nitrogen and oxygen atoms in total. The number of fused-ring (bicyclic) bond motifs is 1. The lowest BCUT2D eigenvalue weighted by molar-refractivity contribution is 0.0862. The van der Waals surface area contributed by atoms with Gasteiger partial charge in [-0.2, -0.15) is 0 Å². The molecule has 0 aliphatic carbocycles. The summed E-state index contributed by atoms with van der Waals surface area (Å²) in [7, 11) is 0. The third kappa shape index (κ3) is 2.79. The number of carbonyl (C=O) groups is 1. The largest absolute Gasteiger partial charge is 0.394 e. The van der Waals surface area contributed by atoms with Crippen LogP contribution in [0.3, 0.4) is 0 Å². The molecule has 0 aliphatic rings. The van der Waals surface area contributed by atoms with Gasteiger partial charge in [-0.25, -0.2) is 4.98 Å². The molecule has 2 heterocycles. The van der Waals surface area contributed by atoms with E-state index in [0.29, 0.717) is 17.0 Å². The number of hydrogen-bond acceptors (Lipinski definition) is 3. The predicted molar refractivity (Wildman–Crippen MR) is 76.3 cm³/mol. The van der Waals surface area contributed by atoms with Gasteiger partial charge in [0, 0.05) is 10.7 Å². The molecule has 0 aliphatic heterocycles. The van der Waals surface area contributed by atoms with E-state index in [1.54, 1.807) is 31.4 Å². The molecule has 0 saturated heterocycles. The molecule has 0 atom stereocenters. The highest BCUT2D eigenvalue weighted by atomic mass is 79.9. The second-order valence-corrected chi connectivity index (χ2v) is 6.03. The summed E-state index contributed by atoms with van der Waals surface area (Å²) in [5.41, 5.74) is 1.19. The van der Waals surface area contributed by atoms with Crippen molar-refractivity contribution in [2.24, 2.45) is 0 Å². The maximum absolute atomic E-state index is 12.3. The Bertz CT molecular complexity index is 634. The van der Waals surface area contributed by atoms with Gasteiger partial charge in [-0.15, -0.1) is 0 Å². The molecule has 0 unspecified atom stereocenters. The van der Waals surface area contributed by atoms with Crippen LogP contribution in [0.4, 0.5) is 0 Å². The van der Waals surface area contributed by atoms with Crippen LogP contribution in [0, 0.1) is 6.92 Å². The Morgan fingerprint density at radius 2 is 2.21 bits per heavy atom. The van der Waals surface area contributed by atoms with E-state index in [0.717, 1.165) is 4.47 Å². The van der Waals surface area contributed by atoms with Gasteiger partial charge < -0.3 is 10.4 Å². The average molecular weight is 326 g/mol. The SMILES string of the molecule is Cc1nc2ccc(Br)cn2c1C(=O)NC(C)(C)CO. The summed E-state index contributed by atoms with van der Waals surface area (Å²) in [4.78, 5) is 16.7. The maximum atomic E-state index is 12.3. The highest BCUT2D eigenvalue weighted by molar-refractivity contribution is 9.10. The fraction of sp³-hybridized carbons (Fsp3) is 0.385. The summed E-state index contributed by atoms with van der Waals surface area (Å²) in [6.07, 6.45) is 1.80. The first-order valence-corrected chi connectivity index (χ1v) is 6.71. The Kier molecular flexibility index (Phi) is 3.64. The topological polar surface area (TPSA) is 66.6 Å². The normalized spacial score (nSPS) is 11.8. The van der Waals surface area contributed by atoms with Gasteiger partial charge in [0.2, 0.25) is 0 Å². The Morgan fingerprint density at radius 3 is 2.84 bits per heavy atom. The van der Waals surface area contributed by atoms with Crippen LogP contribution in [0.2, 0.25) is 0 Å². The molecule has 2 aromatic heterocycles. The molecule has 0 bridgehead atoms. The van der Waals surface area contributed by atoms with Gasteiger partial charge in [-0.05, 0) is 48.8 Å². The third-order valence-electron chi connectivity index (χ3n) is 2.82. The first-order valence-electron chi connectivity index (χ1n) is 5.91. The second-order valence-electron chi connectivity index (χ2n) is 5.12. The van der Waals surface area contributed by atoms with Crippen molar-refractivity contribution in [3.05, 3.63) is 34.2 Å². The van der Waals surface area contributed by atoms with Crippen molar-refractivity contribution in [1.29, 1.82) is 0 Å². The first kappa shape index (κ1) is 14.0. The predicted octanol–water partition coefficient (Wildman–Crippen LogP) is 1.91. The minimum atomic E-state index is -0.667. The maximum Gasteiger partial charge on any atom is 0.270 e. The van der Waals surface area contributed by atoms with Crippen LogP contribution in [-0.2, 0) is 0 Å². The van der Waals surface area contributed by atoms with Crippen molar-refractivity contribution in [2.45, 2.75) is 26.3 Å². The van der Waals surface area contributed by atoms with Crippen LogP contribution < -0.4 is 5.32 Å². The van der Waals surface area contributed by atoms with Crippen molar-refractivity contribution in [3.8, 4) is 0 Å². The molecule has 102 valence electrons. The lowest BCUT2D eigenvalue weighted by Gasteiger charge is -2.23. The highest BCUT2D eigenvalue weighted by Gasteiger charge is 2.24. The van der Waals surface area contributed by atoms with Crippen LogP contribution in [0.15, 0.2) is 22.8 Å². The van der Waals surface area contributed by atoms with E-state index in [9.17, 15) is 9.90 Å². The van der Waals surface area contributed by atoms with Crippen LogP contribution in [-0.4, -0.2) is 32.5 Å². The number of aryl methyl sites for hydroxylation is 1. The van der Waals surface area contributed by atoms with E-state index in [1.165, 1.54) is 0 Å². The molecule has 1 amide bonds. The van der Waals surface area contributed by atoms with Crippen LogP contribution in [0.5, 0.6) is 0 Å². The number of rotatable bonds is 3. The minimum absolute atomic E-state index is 0.127. The zero-order chi connectivity index (χ0) is 14.2. The van der Waals surface area contributed by atoms with Crippen molar-refractivity contribution < 1.29 is 9.90 Å². The molecule has 19 heavy (non-hydrogen) atoms. The van der Waals surface area contributed by atoms with E-state index < -0.39 is 5.54 Å². The van der Waals surface area contributed by atoms with Crippen LogP contribution in [0.25, 0.3) is 5.65 Å². The Balaban J connectivity index is 2.47. The molecule has 0 aromatic carbocycles. The summed E-state index contributed by atoms with van der Waals surface area (Å²) >= 11 is 3.38. The Morgan fingerprint density at radius 1 is 1.53 bits per heavy atom. The number of aliphatic hydroxyl groups excluding tert-OH is 1. The van der Waals surface area contributed by atoms with E-state index >= 15 is 0 Å². The molecule has 0 fully saturated rings. The molecule has 2 rings (SSSR count). The smallest absolute Gasteiger partial charge is 0.270 e. The lowest BCUT2D eigenvalue weighted by Crippen LogP contribution is -2.46. The molecule has 2 aromatic rings. The first-order chi connectivity index (χ1) is 8.84. The molecule has 0 radical (unpaired) electrons. The number of carbonyl (C=O) groups excluding carboxylic acids is 1. The van der Waals surface area contributed by atoms with Crippen LogP contribution >= 0.6 is 15.9 Å². The molecular formula is C13H16BrN3O2. The Labute approximate surface area is 119 Å². The summed E-state index contributed by atoms with van der Waals surface area (Å²) in [5, 5.41) is 12.0. The highest BCUT2D eigenvalue weighted by Crippen LogP contribution is 2.17. The fourth-order valence-electron chi connectivity index (χ4n) is 1.82. The summed E-state index contributed by atoms with van der Waals surface area (Å²) in [5.74, 6) is -0.248. The van der Waals surface area contributed by atoms with Gasteiger partial charge in [-0.1, -0.05) is 0 Å². The van der Waals surface area contributed by atoms with Gasteiger partial charge in [0.1, 0.15) is 11.3 Å². The molecule has 6 heteroatoms.